The van der Waals surface area contributed by atoms with Gasteiger partial charge in [0, 0.05) is 11.1 Å². The number of nitrogens with zero attached hydrogens (tertiary/aromatic N) is 1. The zero-order chi connectivity index (χ0) is 15.4. The van der Waals surface area contributed by atoms with Crippen LogP contribution in [0.5, 0.6) is 11.5 Å². The molecule has 2 rings (SSSR count). The highest BCUT2D eigenvalue weighted by molar-refractivity contribution is 5.97. The first-order chi connectivity index (χ1) is 10.1. The molecule has 0 saturated carbocycles. The summed E-state index contributed by atoms with van der Waals surface area (Å²) in [6.07, 6.45) is 0. The van der Waals surface area contributed by atoms with E-state index in [1.54, 1.807) is 30.3 Å². The number of benzene rings is 2. The van der Waals surface area contributed by atoms with Crippen LogP contribution >= 0.6 is 0 Å². The van der Waals surface area contributed by atoms with Crippen LogP contribution in [0.2, 0.25) is 0 Å². The third-order valence-corrected chi connectivity index (χ3v) is 3.08. The molecule has 0 radical (unpaired) electrons. The van der Waals surface area contributed by atoms with Crippen molar-refractivity contribution < 1.29 is 19.4 Å². The van der Waals surface area contributed by atoms with E-state index in [-0.39, 0.29) is 5.56 Å². The summed E-state index contributed by atoms with van der Waals surface area (Å²) >= 11 is 0. The number of carboxylic acid groups (broad SMARTS) is 1. The zero-order valence-electron chi connectivity index (χ0n) is 11.6. The number of nitriles is 1. The lowest BCUT2D eigenvalue weighted by Crippen LogP contribution is -2.01. The summed E-state index contributed by atoms with van der Waals surface area (Å²) in [6, 6.07) is 11.6. The van der Waals surface area contributed by atoms with Gasteiger partial charge < -0.3 is 14.6 Å². The maximum absolute atomic E-state index is 11.5. The molecule has 21 heavy (non-hydrogen) atoms. The van der Waals surface area contributed by atoms with Crippen molar-refractivity contribution in [2.24, 2.45) is 0 Å². The van der Waals surface area contributed by atoms with Crippen molar-refractivity contribution >= 4 is 5.97 Å². The van der Waals surface area contributed by atoms with Gasteiger partial charge in [0.05, 0.1) is 31.4 Å². The molecule has 0 spiro atoms. The maximum Gasteiger partial charge on any atom is 0.336 e. The van der Waals surface area contributed by atoms with E-state index in [0.29, 0.717) is 28.2 Å². The molecule has 0 heterocycles. The largest absolute Gasteiger partial charge is 0.497 e. The van der Waals surface area contributed by atoms with Gasteiger partial charge in [-0.2, -0.15) is 5.26 Å². The van der Waals surface area contributed by atoms with Crippen molar-refractivity contribution in [2.75, 3.05) is 14.2 Å². The normalized spacial score (nSPS) is 9.76. The van der Waals surface area contributed by atoms with Crippen LogP contribution in [-0.2, 0) is 0 Å². The number of ether oxygens (including phenoxy) is 2. The first-order valence-electron chi connectivity index (χ1n) is 6.10. The van der Waals surface area contributed by atoms with Crippen LogP contribution in [0.4, 0.5) is 0 Å². The third kappa shape index (κ3) is 2.79. The molecule has 0 saturated heterocycles. The molecule has 5 heteroatoms. The fourth-order valence-corrected chi connectivity index (χ4v) is 2.05. The summed E-state index contributed by atoms with van der Waals surface area (Å²) in [5.74, 6) is -0.124. The fraction of sp³-hybridized carbons (Fsp3) is 0.125. The molecule has 0 aromatic heterocycles. The predicted molar refractivity (Wildman–Crippen MR) is 76.7 cm³/mol. The minimum absolute atomic E-state index is 0.0859. The average Bonchev–Trinajstić information content (AvgIpc) is 2.53. The number of hydrogen-bond donors (Lipinski definition) is 1. The summed E-state index contributed by atoms with van der Waals surface area (Å²) < 4.78 is 10.3. The zero-order valence-corrected chi connectivity index (χ0v) is 11.6. The van der Waals surface area contributed by atoms with Gasteiger partial charge >= 0.3 is 5.97 Å². The second-order valence-corrected chi connectivity index (χ2v) is 4.24. The minimum Gasteiger partial charge on any atom is -0.497 e. The molecular weight excluding hydrogens is 270 g/mol. The summed E-state index contributed by atoms with van der Waals surface area (Å²) in [5, 5.41) is 18.4. The lowest BCUT2D eigenvalue weighted by molar-refractivity contribution is 0.0697. The molecule has 0 amide bonds. The summed E-state index contributed by atoms with van der Waals surface area (Å²) in [7, 11) is 2.96. The van der Waals surface area contributed by atoms with E-state index >= 15 is 0 Å². The van der Waals surface area contributed by atoms with Crippen LogP contribution in [0.1, 0.15) is 15.9 Å². The smallest absolute Gasteiger partial charge is 0.336 e. The molecule has 2 aromatic carbocycles. The van der Waals surface area contributed by atoms with Gasteiger partial charge in [-0.1, -0.05) is 0 Å². The summed E-state index contributed by atoms with van der Waals surface area (Å²) in [5.41, 5.74) is 1.54. The van der Waals surface area contributed by atoms with Gasteiger partial charge in [-0.05, 0) is 36.4 Å². The molecule has 0 fully saturated rings. The quantitative estimate of drug-likeness (QED) is 0.933. The highest BCUT2D eigenvalue weighted by Gasteiger charge is 2.16. The first-order valence-corrected chi connectivity index (χ1v) is 6.10. The highest BCUT2D eigenvalue weighted by atomic mass is 16.5. The second kappa shape index (κ2) is 5.97. The topological polar surface area (TPSA) is 79.5 Å². The number of carboxylic acids is 1. The van der Waals surface area contributed by atoms with Crippen molar-refractivity contribution in [2.45, 2.75) is 0 Å². The maximum atomic E-state index is 11.5. The minimum atomic E-state index is -1.08. The van der Waals surface area contributed by atoms with Gasteiger partial charge in [-0.25, -0.2) is 4.79 Å². The Hall–Kier alpha value is -3.00. The van der Waals surface area contributed by atoms with Crippen LogP contribution in [-0.4, -0.2) is 25.3 Å². The Labute approximate surface area is 122 Å². The van der Waals surface area contributed by atoms with E-state index in [0.717, 1.165) is 0 Å². The van der Waals surface area contributed by atoms with Crippen molar-refractivity contribution in [3.8, 4) is 28.7 Å². The fourth-order valence-electron chi connectivity index (χ4n) is 2.05. The van der Waals surface area contributed by atoms with E-state index in [2.05, 4.69) is 0 Å². The van der Waals surface area contributed by atoms with Crippen LogP contribution in [0, 0.1) is 11.3 Å². The van der Waals surface area contributed by atoms with Gasteiger partial charge in [-0.3, -0.25) is 0 Å². The molecule has 5 nitrogen and oxygen atoms in total. The number of aromatic carboxylic acids is 1. The molecule has 0 bridgehead atoms. The van der Waals surface area contributed by atoms with Crippen molar-refractivity contribution in [1.29, 1.82) is 5.26 Å². The predicted octanol–water partition coefficient (Wildman–Crippen LogP) is 2.94. The van der Waals surface area contributed by atoms with E-state index in [1.807, 2.05) is 6.07 Å². The number of carbonyl (C=O) groups is 1. The third-order valence-electron chi connectivity index (χ3n) is 3.08. The van der Waals surface area contributed by atoms with Gasteiger partial charge in [-0.15, -0.1) is 0 Å². The van der Waals surface area contributed by atoms with Crippen molar-refractivity contribution in [3.63, 3.8) is 0 Å². The average molecular weight is 283 g/mol. The van der Waals surface area contributed by atoms with Gasteiger partial charge in [0.25, 0.3) is 0 Å². The van der Waals surface area contributed by atoms with Crippen LogP contribution < -0.4 is 9.47 Å². The Kier molecular flexibility index (Phi) is 4.10. The van der Waals surface area contributed by atoms with Gasteiger partial charge in [0.15, 0.2) is 0 Å². The molecule has 1 N–H and O–H groups in total. The molecule has 2 aromatic rings. The van der Waals surface area contributed by atoms with E-state index in [4.69, 9.17) is 14.7 Å². The van der Waals surface area contributed by atoms with Crippen LogP contribution in [0.25, 0.3) is 11.1 Å². The Balaban J connectivity index is 2.71. The van der Waals surface area contributed by atoms with E-state index < -0.39 is 5.97 Å². The van der Waals surface area contributed by atoms with Gasteiger partial charge in [0.1, 0.15) is 11.5 Å². The Morgan fingerprint density at radius 1 is 1.10 bits per heavy atom. The van der Waals surface area contributed by atoms with Crippen molar-refractivity contribution in [3.05, 3.63) is 47.5 Å². The Morgan fingerprint density at radius 3 is 2.43 bits per heavy atom. The first kappa shape index (κ1) is 14.4. The SMILES string of the molecule is COc1ccc(-c2cc(C#N)ccc2OC)c(C(=O)O)c1. The number of methoxy groups -OCH3 is 2. The van der Waals surface area contributed by atoms with Crippen molar-refractivity contribution in [1.82, 2.24) is 0 Å². The molecule has 0 unspecified atom stereocenters. The lowest BCUT2D eigenvalue weighted by Gasteiger charge is -2.12. The Morgan fingerprint density at radius 2 is 1.86 bits per heavy atom. The lowest BCUT2D eigenvalue weighted by atomic mass is 9.97. The Bertz CT molecular complexity index is 732. The second-order valence-electron chi connectivity index (χ2n) is 4.24. The monoisotopic (exact) mass is 283 g/mol. The number of hydrogen-bond acceptors (Lipinski definition) is 4. The van der Waals surface area contributed by atoms with E-state index in [9.17, 15) is 9.90 Å². The molecule has 0 atom stereocenters. The highest BCUT2D eigenvalue weighted by Crippen LogP contribution is 2.34. The van der Waals surface area contributed by atoms with E-state index in [1.165, 1.54) is 20.3 Å². The molecule has 0 aliphatic heterocycles. The van der Waals surface area contributed by atoms with Crippen LogP contribution in [0.3, 0.4) is 0 Å². The summed E-state index contributed by atoms with van der Waals surface area (Å²) in [6.45, 7) is 0. The molecule has 0 aliphatic rings. The molecular formula is C16H13NO4. The number of rotatable bonds is 4. The summed E-state index contributed by atoms with van der Waals surface area (Å²) in [4.78, 5) is 11.5. The van der Waals surface area contributed by atoms with Crippen LogP contribution in [0.15, 0.2) is 36.4 Å². The molecule has 106 valence electrons. The standard InChI is InChI=1S/C16H13NO4/c1-20-11-4-5-12(14(8-11)16(18)19)13-7-10(9-17)3-6-15(13)21-2/h3-8H,1-2H3,(H,18,19). The molecule has 0 aliphatic carbocycles. The van der Waals surface area contributed by atoms with Gasteiger partial charge in [0.2, 0.25) is 0 Å².